The van der Waals surface area contributed by atoms with Crippen molar-refractivity contribution in [2.24, 2.45) is 0 Å². The molecule has 1 aliphatic carbocycles. The third-order valence-electron chi connectivity index (χ3n) is 6.58. The van der Waals surface area contributed by atoms with Gasteiger partial charge in [0.15, 0.2) is 0 Å². The molecule has 30 heavy (non-hydrogen) atoms. The number of rotatable bonds is 3. The smallest absolute Gasteiger partial charge is 0.393 e. The molecule has 0 amide bonds. The molecule has 5 heteroatoms. The zero-order valence-electron chi connectivity index (χ0n) is 17.6. The second-order valence-electron chi connectivity index (χ2n) is 8.85. The Balaban J connectivity index is 1.70. The third-order valence-corrected chi connectivity index (χ3v) is 6.58. The molecule has 2 aromatic carbocycles. The van der Waals surface area contributed by atoms with Crippen LogP contribution in [0.4, 0.5) is 13.2 Å². The van der Waals surface area contributed by atoms with Crippen molar-refractivity contribution in [2.45, 2.75) is 83.3 Å². The molecule has 4 rings (SSSR count). The molecule has 162 valence electrons. The SMILES string of the molecule is Cc1c(C2CC(O)CC(C)O2)cc(Cc2ccc(C(F)(F)F)cc2)c2c1CCCC2. The van der Waals surface area contributed by atoms with E-state index in [4.69, 9.17) is 4.74 Å². The van der Waals surface area contributed by atoms with Crippen molar-refractivity contribution in [1.29, 1.82) is 0 Å². The van der Waals surface area contributed by atoms with Gasteiger partial charge in [0.25, 0.3) is 0 Å². The molecule has 1 heterocycles. The first-order valence-electron chi connectivity index (χ1n) is 10.9. The average Bonchev–Trinajstić information content (AvgIpc) is 2.69. The number of halogens is 3. The summed E-state index contributed by atoms with van der Waals surface area (Å²) in [6.45, 7) is 4.14. The van der Waals surface area contributed by atoms with Crippen molar-refractivity contribution >= 4 is 0 Å². The van der Waals surface area contributed by atoms with Crippen LogP contribution in [0, 0.1) is 6.92 Å². The molecule has 1 aliphatic heterocycles. The quantitative estimate of drug-likeness (QED) is 0.654. The molecule has 2 aliphatic rings. The topological polar surface area (TPSA) is 29.5 Å². The third kappa shape index (κ3) is 4.42. The van der Waals surface area contributed by atoms with Crippen molar-refractivity contribution in [3.63, 3.8) is 0 Å². The van der Waals surface area contributed by atoms with Crippen molar-refractivity contribution in [2.75, 3.05) is 0 Å². The summed E-state index contributed by atoms with van der Waals surface area (Å²) >= 11 is 0. The van der Waals surface area contributed by atoms with Gasteiger partial charge in [0.05, 0.1) is 23.9 Å². The van der Waals surface area contributed by atoms with Crippen molar-refractivity contribution in [3.8, 4) is 0 Å². The van der Waals surface area contributed by atoms with Gasteiger partial charge >= 0.3 is 6.18 Å². The Hall–Kier alpha value is -1.85. The van der Waals surface area contributed by atoms with Crippen LogP contribution in [0.3, 0.4) is 0 Å². The number of hydrogen-bond donors (Lipinski definition) is 1. The normalized spacial score (nSPS) is 24.5. The molecule has 1 fully saturated rings. The fourth-order valence-corrected chi connectivity index (χ4v) is 5.07. The molecule has 0 spiro atoms. The van der Waals surface area contributed by atoms with E-state index in [1.165, 1.54) is 34.4 Å². The molecule has 1 N–H and O–H groups in total. The highest BCUT2D eigenvalue weighted by atomic mass is 19.4. The van der Waals surface area contributed by atoms with E-state index in [0.717, 1.165) is 36.8 Å². The van der Waals surface area contributed by atoms with Crippen LogP contribution in [0.5, 0.6) is 0 Å². The van der Waals surface area contributed by atoms with Gasteiger partial charge in [-0.05, 0) is 97.9 Å². The molecule has 3 atom stereocenters. The molecule has 0 radical (unpaired) electrons. The van der Waals surface area contributed by atoms with Gasteiger partial charge in [-0.15, -0.1) is 0 Å². The van der Waals surface area contributed by atoms with E-state index in [0.29, 0.717) is 19.3 Å². The largest absolute Gasteiger partial charge is 0.416 e. The minimum Gasteiger partial charge on any atom is -0.393 e. The molecule has 2 nitrogen and oxygen atoms in total. The molecule has 2 aromatic rings. The highest BCUT2D eigenvalue weighted by Gasteiger charge is 2.31. The highest BCUT2D eigenvalue weighted by molar-refractivity contribution is 5.49. The number of hydrogen-bond acceptors (Lipinski definition) is 2. The van der Waals surface area contributed by atoms with E-state index in [-0.39, 0.29) is 18.3 Å². The second-order valence-corrected chi connectivity index (χ2v) is 8.85. The van der Waals surface area contributed by atoms with E-state index in [2.05, 4.69) is 13.0 Å². The number of ether oxygens (including phenoxy) is 1. The summed E-state index contributed by atoms with van der Waals surface area (Å²) in [7, 11) is 0. The minimum absolute atomic E-state index is 0.00699. The van der Waals surface area contributed by atoms with Crippen molar-refractivity contribution in [1.82, 2.24) is 0 Å². The van der Waals surface area contributed by atoms with Crippen molar-refractivity contribution < 1.29 is 23.0 Å². The Morgan fingerprint density at radius 3 is 2.33 bits per heavy atom. The first-order chi connectivity index (χ1) is 14.2. The zero-order chi connectivity index (χ0) is 21.5. The lowest BCUT2D eigenvalue weighted by Crippen LogP contribution is -2.30. The number of aliphatic hydroxyl groups is 1. The molecular formula is C25H29F3O2. The van der Waals surface area contributed by atoms with Gasteiger partial charge < -0.3 is 9.84 Å². The maximum Gasteiger partial charge on any atom is 0.416 e. The van der Waals surface area contributed by atoms with E-state index in [1.54, 1.807) is 12.1 Å². The average molecular weight is 418 g/mol. The second kappa shape index (κ2) is 8.35. The predicted octanol–water partition coefficient (Wildman–Crippen LogP) is 6.08. The monoisotopic (exact) mass is 418 g/mol. The predicted molar refractivity (Wildman–Crippen MR) is 111 cm³/mol. The van der Waals surface area contributed by atoms with Crippen LogP contribution < -0.4 is 0 Å². The molecule has 0 saturated carbocycles. The zero-order valence-corrected chi connectivity index (χ0v) is 17.6. The standard InChI is InChI=1S/C25H29F3O2/c1-15-11-20(29)14-24(30-15)23-13-18(22-6-4-3-5-21(22)16(23)2)12-17-7-9-19(10-8-17)25(26,27)28/h7-10,13,15,20,24,29H,3-6,11-12,14H2,1-2H3. The molecule has 3 unspecified atom stereocenters. The van der Waals surface area contributed by atoms with Gasteiger partial charge in [0, 0.05) is 6.42 Å². The van der Waals surface area contributed by atoms with Crippen LogP contribution in [0.2, 0.25) is 0 Å². The van der Waals surface area contributed by atoms with Crippen LogP contribution >= 0.6 is 0 Å². The first kappa shape index (κ1) is 21.4. The summed E-state index contributed by atoms with van der Waals surface area (Å²) in [5, 5.41) is 10.3. The fourth-order valence-electron chi connectivity index (χ4n) is 5.07. The molecule has 1 saturated heterocycles. The Kier molecular flexibility index (Phi) is 5.95. The first-order valence-corrected chi connectivity index (χ1v) is 10.9. The molecule has 0 aromatic heterocycles. The Bertz CT molecular complexity index is 892. The maximum atomic E-state index is 12.9. The number of alkyl halides is 3. The van der Waals surface area contributed by atoms with Gasteiger partial charge in [-0.2, -0.15) is 13.2 Å². The van der Waals surface area contributed by atoms with Gasteiger partial charge in [-0.25, -0.2) is 0 Å². The number of fused-ring (bicyclic) bond motifs is 1. The Labute approximate surface area is 176 Å². The summed E-state index contributed by atoms with van der Waals surface area (Å²) in [6.07, 6.45) is 1.37. The van der Waals surface area contributed by atoms with E-state index < -0.39 is 11.7 Å². The number of benzene rings is 2. The fraction of sp³-hybridized carbons (Fsp3) is 0.520. The Morgan fingerprint density at radius 1 is 1.03 bits per heavy atom. The summed E-state index contributed by atoms with van der Waals surface area (Å²) < 4.78 is 44.9. The van der Waals surface area contributed by atoms with Gasteiger partial charge in [0.2, 0.25) is 0 Å². The summed E-state index contributed by atoms with van der Waals surface area (Å²) in [4.78, 5) is 0. The maximum absolute atomic E-state index is 12.9. The van der Waals surface area contributed by atoms with Crippen LogP contribution in [0.1, 0.15) is 77.7 Å². The van der Waals surface area contributed by atoms with E-state index in [1.807, 2.05) is 6.92 Å². The molecule has 0 bridgehead atoms. The van der Waals surface area contributed by atoms with Crippen LogP contribution in [0.25, 0.3) is 0 Å². The van der Waals surface area contributed by atoms with Crippen molar-refractivity contribution in [3.05, 3.63) is 69.3 Å². The lowest BCUT2D eigenvalue weighted by molar-refractivity contribution is -0.137. The minimum atomic E-state index is -4.31. The highest BCUT2D eigenvalue weighted by Crippen LogP contribution is 2.39. The summed E-state index contributed by atoms with van der Waals surface area (Å²) in [6, 6.07) is 7.69. The lowest BCUT2D eigenvalue weighted by Gasteiger charge is -2.34. The van der Waals surface area contributed by atoms with E-state index >= 15 is 0 Å². The Morgan fingerprint density at radius 2 is 1.70 bits per heavy atom. The van der Waals surface area contributed by atoms with Crippen LogP contribution in [-0.4, -0.2) is 17.3 Å². The number of aliphatic hydroxyl groups excluding tert-OH is 1. The van der Waals surface area contributed by atoms with E-state index in [9.17, 15) is 18.3 Å². The summed E-state index contributed by atoms with van der Waals surface area (Å²) in [5.74, 6) is 0. The van der Waals surface area contributed by atoms with Gasteiger partial charge in [-0.3, -0.25) is 0 Å². The van der Waals surface area contributed by atoms with Crippen LogP contribution in [0.15, 0.2) is 30.3 Å². The lowest BCUT2D eigenvalue weighted by atomic mass is 9.80. The van der Waals surface area contributed by atoms with Crippen LogP contribution in [-0.2, 0) is 30.2 Å². The van der Waals surface area contributed by atoms with Gasteiger partial charge in [0.1, 0.15) is 0 Å². The molecular weight excluding hydrogens is 389 g/mol. The summed E-state index contributed by atoms with van der Waals surface area (Å²) in [5.41, 5.74) is 6.56. The van der Waals surface area contributed by atoms with Gasteiger partial charge in [-0.1, -0.05) is 18.2 Å².